The number of hydrogen-bond donors (Lipinski definition) is 6. The standard InChI is InChI=1S/C20H29N9O2/c1-14(15-8-4-2-5-9-15)12-23-25-20(30)17-16(13-28-10-6-3-7-11-28)29(27-24-17)19(22)18(21)26-31/h2,4-5,8-9,12,14,22,24,27,31H,3,6-7,10-11,13H2,1H3,(H2,21,26)(H,25,30)/p+1/b22-19?,23-12+. The molecule has 1 unspecified atom stereocenters. The van der Waals surface area contributed by atoms with E-state index in [4.69, 9.17) is 16.4 Å². The summed E-state index contributed by atoms with van der Waals surface area (Å²) >= 11 is 0. The molecule has 1 fully saturated rings. The van der Waals surface area contributed by atoms with Crippen molar-refractivity contribution in [2.75, 3.05) is 19.6 Å². The molecule has 0 radical (unpaired) electrons. The van der Waals surface area contributed by atoms with E-state index in [1.54, 1.807) is 6.21 Å². The Morgan fingerprint density at radius 3 is 2.74 bits per heavy atom. The van der Waals surface area contributed by atoms with Crippen LogP contribution in [0.1, 0.15) is 37.7 Å². The number of hydrazone groups is 1. The number of nitrogens with zero attached hydrogens (tertiary/aromatic N) is 4. The molecule has 0 spiro atoms. The molecule has 11 nitrogen and oxygen atoms in total. The summed E-state index contributed by atoms with van der Waals surface area (Å²) in [6.07, 6.45) is 5.04. The van der Waals surface area contributed by atoms with Gasteiger partial charge in [0.1, 0.15) is 5.70 Å². The number of benzene rings is 1. The molecule has 0 bridgehead atoms. The van der Waals surface area contributed by atoms with Crippen molar-refractivity contribution in [3.05, 3.63) is 47.3 Å². The van der Waals surface area contributed by atoms with Crippen LogP contribution in [0.5, 0.6) is 0 Å². The summed E-state index contributed by atoms with van der Waals surface area (Å²) < 4.78 is 0. The van der Waals surface area contributed by atoms with E-state index in [0.29, 0.717) is 12.2 Å². The molecule has 2 heterocycles. The Hall–Kier alpha value is -3.44. The number of likely N-dealkylation sites (tertiary alicyclic amines) is 1. The topological polar surface area (TPSA) is 159 Å². The average molecular weight is 429 g/mol. The Labute approximate surface area is 181 Å². The van der Waals surface area contributed by atoms with Crippen molar-refractivity contribution in [2.45, 2.75) is 32.1 Å². The molecule has 0 aromatic heterocycles. The molecular weight excluding hydrogens is 398 g/mol. The van der Waals surface area contributed by atoms with Crippen molar-refractivity contribution in [2.24, 2.45) is 16.0 Å². The number of carbonyl (C=O) groups is 1. The Morgan fingerprint density at radius 2 is 2.06 bits per heavy atom. The van der Waals surface area contributed by atoms with Crippen LogP contribution in [0.2, 0.25) is 0 Å². The monoisotopic (exact) mass is 428 g/mol. The van der Waals surface area contributed by atoms with E-state index in [1.165, 1.54) is 17.0 Å². The maximum atomic E-state index is 12.8. The SMILES string of the molecule is CC(/C=N/NC(=O)C1=C(CN2CCCCC2)N(C(=N)/C(N)=N\O)[NH2+]N1)c1ccccc1. The van der Waals surface area contributed by atoms with Crippen molar-refractivity contribution in [1.82, 2.24) is 20.8 Å². The fraction of sp³-hybridized carbons (Fsp3) is 0.400. The lowest BCUT2D eigenvalue weighted by Gasteiger charge is -2.28. The normalized spacial score (nSPS) is 18.9. The Kier molecular flexibility index (Phi) is 7.57. The molecule has 0 aliphatic carbocycles. The molecule has 31 heavy (non-hydrogen) atoms. The molecule has 1 aromatic rings. The van der Waals surface area contributed by atoms with Gasteiger partial charge in [0.25, 0.3) is 5.91 Å². The van der Waals surface area contributed by atoms with Gasteiger partial charge in [-0.1, -0.05) is 48.8 Å². The van der Waals surface area contributed by atoms with Gasteiger partial charge in [-0.15, -0.1) is 10.5 Å². The van der Waals surface area contributed by atoms with Crippen LogP contribution >= 0.6 is 0 Å². The lowest BCUT2D eigenvalue weighted by Crippen LogP contribution is -2.99. The van der Waals surface area contributed by atoms with E-state index in [2.05, 4.69) is 26.0 Å². The average Bonchev–Trinajstić information content (AvgIpc) is 3.22. The molecule has 2 aliphatic rings. The molecule has 166 valence electrons. The van der Waals surface area contributed by atoms with Crippen molar-refractivity contribution in [3.8, 4) is 0 Å². The first kappa shape index (κ1) is 22.2. The molecule has 11 heteroatoms. The van der Waals surface area contributed by atoms with Crippen molar-refractivity contribution in [1.29, 1.82) is 5.41 Å². The second-order valence-electron chi connectivity index (χ2n) is 7.55. The Morgan fingerprint density at radius 1 is 1.35 bits per heavy atom. The summed E-state index contributed by atoms with van der Waals surface area (Å²) in [5, 5.41) is 25.6. The summed E-state index contributed by atoms with van der Waals surface area (Å²) in [5.41, 5.74) is 14.5. The number of hydrogen-bond acceptors (Lipinski definition) is 7. The van der Waals surface area contributed by atoms with Crippen molar-refractivity contribution >= 4 is 23.8 Å². The van der Waals surface area contributed by atoms with Gasteiger partial charge in [-0.3, -0.25) is 15.1 Å². The van der Waals surface area contributed by atoms with Gasteiger partial charge in [0, 0.05) is 18.7 Å². The lowest BCUT2D eigenvalue weighted by molar-refractivity contribution is -0.806. The Balaban J connectivity index is 1.74. The van der Waals surface area contributed by atoms with Crippen molar-refractivity contribution in [3.63, 3.8) is 0 Å². The van der Waals surface area contributed by atoms with Crippen LogP contribution in [-0.4, -0.2) is 58.5 Å². The maximum absolute atomic E-state index is 12.8. The third-order valence-corrected chi connectivity index (χ3v) is 5.35. The number of nitrogens with one attached hydrogen (secondary N) is 3. The van der Waals surface area contributed by atoms with E-state index in [9.17, 15) is 4.79 Å². The second kappa shape index (κ2) is 10.5. The van der Waals surface area contributed by atoms with Gasteiger partial charge >= 0.3 is 0 Å². The van der Waals surface area contributed by atoms with E-state index in [0.717, 1.165) is 31.5 Å². The van der Waals surface area contributed by atoms with Gasteiger partial charge in [0.2, 0.25) is 11.7 Å². The number of piperidine rings is 1. The number of nitrogens with two attached hydrogens (primary N) is 2. The first-order chi connectivity index (χ1) is 15.0. The largest absolute Gasteiger partial charge is 0.409 e. The zero-order chi connectivity index (χ0) is 22.2. The predicted molar refractivity (Wildman–Crippen MR) is 117 cm³/mol. The van der Waals surface area contributed by atoms with Crippen LogP contribution in [-0.2, 0) is 4.79 Å². The minimum absolute atomic E-state index is 0.0386. The number of oxime groups is 1. The highest BCUT2D eigenvalue weighted by Crippen LogP contribution is 2.16. The number of carbonyl (C=O) groups excluding carboxylic acids is 1. The molecule has 0 saturated carbocycles. The van der Waals surface area contributed by atoms with Crippen LogP contribution in [0, 0.1) is 5.41 Å². The number of rotatable bonds is 6. The first-order valence-electron chi connectivity index (χ1n) is 10.3. The smallest absolute Gasteiger partial charge is 0.294 e. The highest BCUT2D eigenvalue weighted by molar-refractivity contribution is 6.38. The summed E-state index contributed by atoms with van der Waals surface area (Å²) in [7, 11) is 0. The van der Waals surface area contributed by atoms with Crippen LogP contribution in [0.4, 0.5) is 0 Å². The fourth-order valence-electron chi connectivity index (χ4n) is 3.57. The van der Waals surface area contributed by atoms with Gasteiger partial charge in [-0.05, 0) is 31.5 Å². The minimum atomic E-state index is -0.422. The van der Waals surface area contributed by atoms with Gasteiger partial charge in [-0.25, -0.2) is 10.9 Å². The Bertz CT molecular complexity index is 876. The van der Waals surface area contributed by atoms with Crippen molar-refractivity contribution < 1.29 is 15.5 Å². The molecule has 2 aliphatic heterocycles. The first-order valence-corrected chi connectivity index (χ1v) is 10.3. The lowest BCUT2D eigenvalue weighted by atomic mass is 10.0. The van der Waals surface area contributed by atoms with Gasteiger partial charge in [0.05, 0.1) is 0 Å². The van der Waals surface area contributed by atoms with E-state index < -0.39 is 5.91 Å². The van der Waals surface area contributed by atoms with E-state index >= 15 is 0 Å². The summed E-state index contributed by atoms with van der Waals surface area (Å²) in [6.45, 7) is 4.27. The third-order valence-electron chi connectivity index (χ3n) is 5.35. The number of amidine groups is 2. The zero-order valence-corrected chi connectivity index (χ0v) is 17.6. The molecule has 1 aromatic carbocycles. The summed E-state index contributed by atoms with van der Waals surface area (Å²) in [4.78, 5) is 15.1. The molecule has 1 atom stereocenters. The van der Waals surface area contributed by atoms with Crippen LogP contribution in [0.15, 0.2) is 52.0 Å². The molecule has 1 amide bonds. The van der Waals surface area contributed by atoms with Crippen LogP contribution in [0.3, 0.4) is 0 Å². The molecular formula is C20H30N9O2+. The van der Waals surface area contributed by atoms with Gasteiger partial charge < -0.3 is 10.9 Å². The predicted octanol–water partition coefficient (Wildman–Crippen LogP) is -0.388. The third kappa shape index (κ3) is 5.58. The number of quaternary nitrogens is 1. The summed E-state index contributed by atoms with van der Waals surface area (Å²) in [6, 6.07) is 9.87. The fourth-order valence-corrected chi connectivity index (χ4v) is 3.57. The van der Waals surface area contributed by atoms with Gasteiger partial charge in [-0.2, -0.15) is 5.10 Å². The number of amides is 1. The molecule has 8 N–H and O–H groups in total. The zero-order valence-electron chi connectivity index (χ0n) is 17.6. The maximum Gasteiger partial charge on any atom is 0.294 e. The van der Waals surface area contributed by atoms with E-state index in [-0.39, 0.29) is 23.3 Å². The van der Waals surface area contributed by atoms with Crippen LogP contribution < -0.4 is 22.1 Å². The quantitative estimate of drug-likeness (QED) is 0.119. The van der Waals surface area contributed by atoms with E-state index in [1.807, 2.05) is 37.3 Å². The van der Waals surface area contributed by atoms with Gasteiger partial charge in [0.15, 0.2) is 5.70 Å². The summed E-state index contributed by atoms with van der Waals surface area (Å²) in [5.74, 6) is -0.942. The molecule has 1 saturated heterocycles. The minimum Gasteiger partial charge on any atom is -0.409 e. The second-order valence-corrected chi connectivity index (χ2v) is 7.55. The highest BCUT2D eigenvalue weighted by atomic mass is 16.4. The highest BCUT2D eigenvalue weighted by Gasteiger charge is 2.35. The molecule has 3 rings (SSSR count). The van der Waals surface area contributed by atoms with Crippen LogP contribution in [0.25, 0.3) is 0 Å².